The van der Waals surface area contributed by atoms with E-state index >= 15 is 4.39 Å². The Bertz CT molecular complexity index is 863. The van der Waals surface area contributed by atoms with Gasteiger partial charge in [-0.05, 0) is 19.1 Å². The minimum absolute atomic E-state index is 0.0188. The second-order valence-corrected chi connectivity index (χ2v) is 8.99. The lowest BCUT2D eigenvalue weighted by Crippen LogP contribution is -2.37. The monoisotopic (exact) mass is 401 g/mol. The molecule has 0 radical (unpaired) electrons. The van der Waals surface area contributed by atoms with Crippen LogP contribution in [0.15, 0.2) is 30.5 Å². The summed E-state index contributed by atoms with van der Waals surface area (Å²) in [5.41, 5.74) is 0.752. The molecule has 1 amide bonds. The van der Waals surface area contributed by atoms with Crippen molar-refractivity contribution in [3.8, 4) is 11.3 Å². The first-order chi connectivity index (χ1) is 13.6. The number of rotatable bonds is 5. The molecular formula is C23H32FN3O2. The third-order valence-electron chi connectivity index (χ3n) is 5.52. The van der Waals surface area contributed by atoms with Crippen LogP contribution in [0, 0.1) is 0 Å². The van der Waals surface area contributed by atoms with Gasteiger partial charge in [-0.15, -0.1) is 0 Å². The van der Waals surface area contributed by atoms with Gasteiger partial charge in [0.2, 0.25) is 0 Å². The van der Waals surface area contributed by atoms with Gasteiger partial charge >= 0.3 is 0 Å². The number of nitrogens with zero attached hydrogens (tertiary/aromatic N) is 3. The number of hydrogen-bond donors (Lipinski definition) is 0. The normalized spacial score (nSPS) is 16.6. The molecule has 0 bridgehead atoms. The Morgan fingerprint density at radius 1 is 1.31 bits per heavy atom. The number of ether oxygens (including phenoxy) is 1. The van der Waals surface area contributed by atoms with Crippen molar-refractivity contribution >= 4 is 5.91 Å². The first kappa shape index (κ1) is 21.5. The smallest absolute Gasteiger partial charge is 0.253 e. The average Bonchev–Trinajstić information content (AvgIpc) is 3.11. The van der Waals surface area contributed by atoms with Gasteiger partial charge in [0.25, 0.3) is 5.91 Å². The average molecular weight is 402 g/mol. The quantitative estimate of drug-likeness (QED) is 0.743. The molecule has 3 rings (SSSR count). The maximum atomic E-state index is 15.4. The highest BCUT2D eigenvalue weighted by atomic mass is 19.1. The molecule has 2 heterocycles. The SMILES string of the molecule is CCN(C)C(=O)c1cccc(-c2cn(CC3(F)CCOCC3)c(C(C)(C)C)n2)c1. The topological polar surface area (TPSA) is 47.4 Å². The lowest BCUT2D eigenvalue weighted by molar-refractivity contribution is -0.0184. The van der Waals surface area contributed by atoms with Crippen LogP contribution in [0.4, 0.5) is 4.39 Å². The van der Waals surface area contributed by atoms with Gasteiger partial charge in [0.05, 0.1) is 12.2 Å². The fraction of sp³-hybridized carbons (Fsp3) is 0.565. The molecule has 6 heteroatoms. The Balaban J connectivity index is 1.97. The van der Waals surface area contributed by atoms with Crippen LogP contribution in [-0.4, -0.2) is 52.8 Å². The first-order valence-electron chi connectivity index (χ1n) is 10.3. The Hall–Kier alpha value is -2.21. The van der Waals surface area contributed by atoms with Crippen LogP contribution < -0.4 is 0 Å². The molecule has 2 aromatic rings. The fourth-order valence-corrected chi connectivity index (χ4v) is 3.65. The molecule has 0 saturated carbocycles. The fourth-order valence-electron chi connectivity index (χ4n) is 3.65. The molecular weight excluding hydrogens is 369 g/mol. The first-order valence-corrected chi connectivity index (χ1v) is 10.3. The van der Waals surface area contributed by atoms with Crippen molar-refractivity contribution in [1.29, 1.82) is 0 Å². The van der Waals surface area contributed by atoms with E-state index < -0.39 is 5.67 Å². The van der Waals surface area contributed by atoms with E-state index in [-0.39, 0.29) is 17.9 Å². The van der Waals surface area contributed by atoms with Gasteiger partial charge in [-0.2, -0.15) is 0 Å². The second kappa shape index (κ2) is 8.27. The summed E-state index contributed by atoms with van der Waals surface area (Å²) < 4.78 is 22.6. The predicted molar refractivity (Wildman–Crippen MR) is 113 cm³/mol. The van der Waals surface area contributed by atoms with Crippen LogP contribution in [-0.2, 0) is 16.7 Å². The minimum atomic E-state index is -1.28. The van der Waals surface area contributed by atoms with Crippen LogP contribution >= 0.6 is 0 Å². The molecule has 5 nitrogen and oxygen atoms in total. The molecule has 158 valence electrons. The number of alkyl halides is 1. The van der Waals surface area contributed by atoms with E-state index in [9.17, 15) is 4.79 Å². The molecule has 1 aliphatic rings. The largest absolute Gasteiger partial charge is 0.381 e. The molecule has 0 unspecified atom stereocenters. The van der Waals surface area contributed by atoms with Crippen molar-refractivity contribution < 1.29 is 13.9 Å². The Morgan fingerprint density at radius 2 is 2.00 bits per heavy atom. The zero-order valence-electron chi connectivity index (χ0n) is 18.2. The molecule has 0 N–H and O–H groups in total. The van der Waals surface area contributed by atoms with E-state index in [4.69, 9.17) is 9.72 Å². The van der Waals surface area contributed by atoms with Gasteiger partial charge in [0, 0.05) is 62.4 Å². The number of hydrogen-bond acceptors (Lipinski definition) is 3. The summed E-state index contributed by atoms with van der Waals surface area (Å²) in [6.45, 7) is 10.0. The van der Waals surface area contributed by atoms with Crippen LogP contribution in [0.3, 0.4) is 0 Å². The van der Waals surface area contributed by atoms with Gasteiger partial charge in [-0.1, -0.05) is 32.9 Å². The minimum Gasteiger partial charge on any atom is -0.381 e. The van der Waals surface area contributed by atoms with Gasteiger partial charge < -0.3 is 14.2 Å². The zero-order chi connectivity index (χ0) is 21.2. The molecule has 1 aromatic carbocycles. The van der Waals surface area contributed by atoms with Crippen molar-refractivity contribution in [2.24, 2.45) is 0 Å². The third kappa shape index (κ3) is 4.86. The molecule has 29 heavy (non-hydrogen) atoms. The molecule has 1 saturated heterocycles. The molecule has 1 fully saturated rings. The summed E-state index contributed by atoms with van der Waals surface area (Å²) in [6.07, 6.45) is 2.72. The molecule has 1 aliphatic heterocycles. The summed E-state index contributed by atoms with van der Waals surface area (Å²) in [7, 11) is 1.79. The van der Waals surface area contributed by atoms with E-state index in [1.54, 1.807) is 11.9 Å². The van der Waals surface area contributed by atoms with Gasteiger partial charge in [-0.25, -0.2) is 9.37 Å². The van der Waals surface area contributed by atoms with E-state index in [0.717, 1.165) is 17.1 Å². The van der Waals surface area contributed by atoms with E-state index in [1.165, 1.54) is 0 Å². The Labute approximate surface area is 172 Å². The number of aromatic nitrogens is 2. The van der Waals surface area contributed by atoms with Crippen molar-refractivity contribution in [3.05, 3.63) is 41.9 Å². The maximum Gasteiger partial charge on any atom is 0.253 e. The summed E-state index contributed by atoms with van der Waals surface area (Å²) in [5, 5.41) is 0. The van der Waals surface area contributed by atoms with Crippen molar-refractivity contribution in [1.82, 2.24) is 14.5 Å². The van der Waals surface area contributed by atoms with Crippen molar-refractivity contribution in [2.45, 2.75) is 58.2 Å². The number of benzene rings is 1. The summed E-state index contributed by atoms with van der Waals surface area (Å²) in [6, 6.07) is 7.50. The molecule has 0 atom stereocenters. The standard InChI is InChI=1S/C23H32FN3O2/c1-6-26(5)20(28)18-9-7-8-17(14-18)19-15-27(21(25-19)22(2,3)4)16-23(24)10-12-29-13-11-23/h7-9,14-15H,6,10-13,16H2,1-5H3. The van der Waals surface area contributed by atoms with Crippen LogP contribution in [0.5, 0.6) is 0 Å². The summed E-state index contributed by atoms with van der Waals surface area (Å²) in [4.78, 5) is 19.1. The molecule has 1 aromatic heterocycles. The summed E-state index contributed by atoms with van der Waals surface area (Å²) in [5.74, 6) is 0.827. The Kier molecular flexibility index (Phi) is 6.13. The lowest BCUT2D eigenvalue weighted by Gasteiger charge is -2.31. The highest BCUT2D eigenvalue weighted by Gasteiger charge is 2.35. The highest BCUT2D eigenvalue weighted by Crippen LogP contribution is 2.32. The highest BCUT2D eigenvalue weighted by molar-refractivity contribution is 5.95. The van der Waals surface area contributed by atoms with E-state index in [0.29, 0.717) is 38.2 Å². The van der Waals surface area contributed by atoms with Crippen LogP contribution in [0.2, 0.25) is 0 Å². The van der Waals surface area contributed by atoms with Crippen LogP contribution in [0.25, 0.3) is 11.3 Å². The van der Waals surface area contributed by atoms with Crippen molar-refractivity contribution in [3.63, 3.8) is 0 Å². The number of amides is 1. The predicted octanol–water partition coefficient (Wildman–Crippen LogP) is 4.46. The van der Waals surface area contributed by atoms with Gasteiger partial charge in [0.15, 0.2) is 0 Å². The van der Waals surface area contributed by atoms with E-state index in [2.05, 4.69) is 20.8 Å². The summed E-state index contributed by atoms with van der Waals surface area (Å²) >= 11 is 0. The van der Waals surface area contributed by atoms with E-state index in [1.807, 2.05) is 42.0 Å². The maximum absolute atomic E-state index is 15.4. The zero-order valence-corrected chi connectivity index (χ0v) is 18.2. The number of imidazole rings is 1. The van der Waals surface area contributed by atoms with Gasteiger partial charge in [-0.3, -0.25) is 4.79 Å². The number of carbonyl (C=O) groups is 1. The Morgan fingerprint density at radius 3 is 2.62 bits per heavy atom. The lowest BCUT2D eigenvalue weighted by atomic mass is 9.93. The molecule has 0 spiro atoms. The van der Waals surface area contributed by atoms with Crippen LogP contribution in [0.1, 0.15) is 56.7 Å². The van der Waals surface area contributed by atoms with Crippen molar-refractivity contribution in [2.75, 3.05) is 26.8 Å². The third-order valence-corrected chi connectivity index (χ3v) is 5.52. The van der Waals surface area contributed by atoms with Gasteiger partial charge in [0.1, 0.15) is 11.5 Å². The molecule has 0 aliphatic carbocycles. The second-order valence-electron chi connectivity index (χ2n) is 8.99. The number of carbonyl (C=O) groups excluding carboxylic acids is 1. The number of halogens is 1.